The minimum absolute atomic E-state index is 0.141. The van der Waals surface area contributed by atoms with Gasteiger partial charge in [-0.15, -0.1) is 5.11 Å². The number of nitrogens with two attached hydrogens (primary N) is 1. The predicted molar refractivity (Wildman–Crippen MR) is 119 cm³/mol. The van der Waals surface area contributed by atoms with Crippen molar-refractivity contribution in [3.05, 3.63) is 12.3 Å². The van der Waals surface area contributed by atoms with Gasteiger partial charge in [-0.05, 0) is 49.8 Å². The molecule has 10 radical (unpaired) electrons. The van der Waals surface area contributed by atoms with Crippen molar-refractivity contribution in [3.63, 3.8) is 0 Å². The number of hydrogen-bond acceptors (Lipinski definition) is 5. The molecule has 11 heteroatoms. The van der Waals surface area contributed by atoms with Gasteiger partial charge in [0.2, 0.25) is 0 Å². The van der Waals surface area contributed by atoms with E-state index in [1.807, 2.05) is 0 Å². The molecule has 0 atom stereocenters. The number of carbonyl (C=O) groups is 1. The molecule has 3 rings (SSSR count). The lowest BCUT2D eigenvalue weighted by Gasteiger charge is -2.51. The van der Waals surface area contributed by atoms with E-state index in [0.717, 1.165) is 45.2 Å². The Bertz CT molecular complexity index is 653. The molecule has 2 N–H and O–H groups in total. The number of carbonyl (C=O) groups excluding carboxylic acids is 1. The zero-order chi connectivity index (χ0) is 21.3. The van der Waals surface area contributed by atoms with Crippen LogP contribution in [-0.4, -0.2) is 105 Å². The first kappa shape index (κ1) is 22.4. The Morgan fingerprint density at radius 3 is 2.38 bits per heavy atom. The van der Waals surface area contributed by atoms with Crippen molar-refractivity contribution in [3.8, 4) is 0 Å². The summed E-state index contributed by atoms with van der Waals surface area (Å²) in [6, 6.07) is 0.938. The maximum Gasteiger partial charge on any atom is 0.408 e. The van der Waals surface area contributed by atoms with E-state index in [-0.39, 0.29) is 5.41 Å². The summed E-state index contributed by atoms with van der Waals surface area (Å²) in [6.07, 6.45) is 9.61. The summed E-state index contributed by atoms with van der Waals surface area (Å²) in [4.78, 5) is 21.1. The van der Waals surface area contributed by atoms with E-state index in [4.69, 9.17) is 49.7 Å². The monoisotopic (exact) mass is 384 g/mol. The van der Waals surface area contributed by atoms with Crippen LogP contribution >= 0.6 is 0 Å². The fourth-order valence-corrected chi connectivity index (χ4v) is 4.54. The molecule has 0 aromatic rings. The van der Waals surface area contributed by atoms with Crippen LogP contribution in [0.15, 0.2) is 17.3 Å². The molecule has 144 valence electrons. The van der Waals surface area contributed by atoms with E-state index < -0.39 is 16.6 Å². The van der Waals surface area contributed by atoms with Gasteiger partial charge in [-0.25, -0.2) is 4.79 Å². The van der Waals surface area contributed by atoms with Gasteiger partial charge in [0.15, 0.2) is 0 Å². The number of ether oxygens (including phenoxy) is 1. The number of piperidine rings is 1. The van der Waals surface area contributed by atoms with Gasteiger partial charge in [-0.3, -0.25) is 4.99 Å². The van der Waals surface area contributed by atoms with Gasteiger partial charge in [-0.1, -0.05) is 0 Å². The molecule has 2 aliphatic heterocycles. The van der Waals surface area contributed by atoms with Crippen LogP contribution in [0.3, 0.4) is 0 Å². The Labute approximate surface area is 180 Å². The number of nitrogens with zero attached hydrogens (tertiary/aromatic N) is 3. The maximum atomic E-state index is 12.4. The van der Waals surface area contributed by atoms with Gasteiger partial charge in [0.25, 0.3) is 0 Å². The molecule has 1 saturated carbocycles. The van der Waals surface area contributed by atoms with Crippen LogP contribution in [-0.2, 0) is 4.74 Å². The largest absolute Gasteiger partial charge is 0.465 e. The van der Waals surface area contributed by atoms with Crippen LogP contribution in [0.4, 0.5) is 4.79 Å². The van der Waals surface area contributed by atoms with Crippen molar-refractivity contribution in [1.29, 1.82) is 0 Å². The zero-order valence-electron chi connectivity index (χ0n) is 16.9. The topological polar surface area (TPSA) is 71.2 Å². The number of amides is 1. The van der Waals surface area contributed by atoms with Crippen LogP contribution in [0.5, 0.6) is 0 Å². The lowest BCUT2D eigenvalue weighted by molar-refractivity contribution is -0.00529. The number of likely N-dealkylation sites (tertiary alicyclic amines) is 2. The normalized spacial score (nSPS) is 29.7. The van der Waals surface area contributed by atoms with Crippen LogP contribution in [0.25, 0.3) is 0 Å². The number of hydrogen-bond donors (Lipinski definition) is 1. The van der Waals surface area contributed by atoms with E-state index >= 15 is 0 Å². The summed E-state index contributed by atoms with van der Waals surface area (Å²) in [7, 11) is 27.8. The third-order valence-corrected chi connectivity index (χ3v) is 6.48. The van der Waals surface area contributed by atoms with Gasteiger partial charge >= 0.3 is 6.09 Å². The Morgan fingerprint density at radius 1 is 1.14 bits per heavy atom. The smallest absolute Gasteiger partial charge is 0.408 e. The zero-order valence-corrected chi connectivity index (χ0v) is 16.9. The van der Waals surface area contributed by atoms with Crippen molar-refractivity contribution in [2.24, 2.45) is 16.1 Å². The minimum Gasteiger partial charge on any atom is -0.465 e. The second-order valence-corrected chi connectivity index (χ2v) is 8.78. The number of allylic oxidation sites excluding steroid dienone is 1. The number of rotatable bonds is 5. The second kappa shape index (κ2) is 8.48. The summed E-state index contributed by atoms with van der Waals surface area (Å²) in [5, 5.41) is -4.17. The summed E-state index contributed by atoms with van der Waals surface area (Å²) >= 11 is 0. The predicted octanol–water partition coefficient (Wildman–Crippen LogP) is -0.445. The Balaban J connectivity index is 1.44. The first-order chi connectivity index (χ1) is 13.6. The summed E-state index contributed by atoms with van der Waals surface area (Å²) in [5.74, 6) is 0. The van der Waals surface area contributed by atoms with Crippen LogP contribution in [0.1, 0.15) is 32.1 Å². The molecular formula is C18H25B5N4O2. The molecule has 2 heterocycles. The SMILES string of the molecule is [B]C([B])([B])C([B])([B])OC(=O)N1CCC2(CC(N3CCC(N=CC=CN)CC3)C2)C1. The lowest BCUT2D eigenvalue weighted by Crippen LogP contribution is -2.55. The average molecular weight is 383 g/mol. The van der Waals surface area contributed by atoms with E-state index in [1.54, 1.807) is 17.2 Å². The van der Waals surface area contributed by atoms with E-state index in [0.29, 0.717) is 25.2 Å². The maximum absolute atomic E-state index is 12.4. The van der Waals surface area contributed by atoms with Crippen molar-refractivity contribution in [2.45, 2.75) is 54.7 Å². The molecule has 2 saturated heterocycles. The molecule has 0 aromatic heterocycles. The first-order valence-electron chi connectivity index (χ1n) is 10.1. The van der Waals surface area contributed by atoms with Crippen molar-refractivity contribution in [2.75, 3.05) is 26.2 Å². The molecule has 1 aliphatic carbocycles. The molecular weight excluding hydrogens is 358 g/mol. The standard InChI is InChI=1S/C18H25B5N4O2/c19-17(20,21)18(22,23)29-15(28)27-9-4-16(12-27)10-14(11-16)26-7-2-13(3-8-26)25-6-1-5-24/h1,5-6,13-14H,2-4,7-12,24H2. The molecule has 29 heavy (non-hydrogen) atoms. The first-order valence-corrected chi connectivity index (χ1v) is 10.1. The van der Waals surface area contributed by atoms with Gasteiger partial charge < -0.3 is 20.3 Å². The van der Waals surface area contributed by atoms with Gasteiger partial charge in [-0.2, -0.15) is 0 Å². The highest BCUT2D eigenvalue weighted by molar-refractivity contribution is 6.67. The highest BCUT2D eigenvalue weighted by atomic mass is 16.6. The molecule has 1 spiro atoms. The Morgan fingerprint density at radius 2 is 1.79 bits per heavy atom. The molecule has 0 bridgehead atoms. The number of aliphatic imine (C=N–C) groups is 1. The third-order valence-electron chi connectivity index (χ3n) is 6.48. The summed E-state index contributed by atoms with van der Waals surface area (Å²) in [6.45, 7) is 3.32. The fourth-order valence-electron chi connectivity index (χ4n) is 4.54. The lowest BCUT2D eigenvalue weighted by atomic mass is 9.28. The second-order valence-electron chi connectivity index (χ2n) is 8.78. The van der Waals surface area contributed by atoms with E-state index in [9.17, 15) is 4.79 Å². The van der Waals surface area contributed by atoms with E-state index in [1.165, 1.54) is 6.20 Å². The molecule has 0 unspecified atom stereocenters. The van der Waals surface area contributed by atoms with Crippen molar-refractivity contribution < 1.29 is 9.53 Å². The molecule has 3 aliphatic rings. The minimum atomic E-state index is -2.14. The third kappa shape index (κ3) is 5.09. The molecule has 3 fully saturated rings. The van der Waals surface area contributed by atoms with Gasteiger partial charge in [0.1, 0.15) is 15.7 Å². The van der Waals surface area contributed by atoms with E-state index in [2.05, 4.69) is 9.89 Å². The van der Waals surface area contributed by atoms with Crippen LogP contribution < -0.4 is 5.73 Å². The highest BCUT2D eigenvalue weighted by Crippen LogP contribution is 2.50. The average Bonchev–Trinajstić information content (AvgIpc) is 3.06. The molecule has 0 aromatic carbocycles. The molecule has 1 amide bonds. The summed E-state index contributed by atoms with van der Waals surface area (Å²) in [5.41, 5.74) is 5.46. The highest BCUT2D eigenvalue weighted by Gasteiger charge is 2.52. The molecule has 6 nitrogen and oxygen atoms in total. The Hall–Kier alpha value is -1.24. The van der Waals surface area contributed by atoms with Crippen molar-refractivity contribution >= 4 is 51.5 Å². The van der Waals surface area contributed by atoms with Crippen molar-refractivity contribution in [1.82, 2.24) is 9.80 Å². The fraction of sp³-hybridized carbons (Fsp3) is 0.778. The quantitative estimate of drug-likeness (QED) is 0.516. The van der Waals surface area contributed by atoms with Crippen LogP contribution in [0, 0.1) is 5.41 Å². The summed E-state index contributed by atoms with van der Waals surface area (Å²) < 4.78 is 5.07. The van der Waals surface area contributed by atoms with Gasteiger partial charge in [0.05, 0.1) is 29.6 Å². The van der Waals surface area contributed by atoms with Gasteiger partial charge in [0, 0.05) is 43.8 Å². The van der Waals surface area contributed by atoms with Crippen LogP contribution in [0.2, 0.25) is 5.11 Å². The Kier molecular flexibility index (Phi) is 6.57.